The Balaban J connectivity index is 1.78. The molecule has 1 aromatic heterocycles. The number of aromatic amines is 1. The Kier molecular flexibility index (Phi) is 4.58. The lowest BCUT2D eigenvalue weighted by Gasteiger charge is -2.38. The summed E-state index contributed by atoms with van der Waals surface area (Å²) >= 11 is 0. The number of nitrogens with zero attached hydrogens (tertiary/aromatic N) is 2. The highest BCUT2D eigenvalue weighted by molar-refractivity contribution is 5.90. The van der Waals surface area contributed by atoms with E-state index >= 15 is 0 Å². The van der Waals surface area contributed by atoms with E-state index in [9.17, 15) is 4.79 Å². The predicted octanol–water partition coefficient (Wildman–Crippen LogP) is 1.71. The molecule has 0 spiro atoms. The summed E-state index contributed by atoms with van der Waals surface area (Å²) in [6, 6.07) is 1.23. The van der Waals surface area contributed by atoms with E-state index in [1.54, 1.807) is 6.20 Å². The Morgan fingerprint density at radius 1 is 1.47 bits per heavy atom. The van der Waals surface area contributed by atoms with E-state index in [1.165, 1.54) is 19.3 Å². The second kappa shape index (κ2) is 6.19. The van der Waals surface area contributed by atoms with Crippen LogP contribution >= 0.6 is 0 Å². The van der Waals surface area contributed by atoms with Gasteiger partial charge in [0.25, 0.3) is 5.91 Å². The average molecular weight is 264 g/mol. The molecule has 5 nitrogen and oxygen atoms in total. The number of likely N-dealkylation sites (tertiary alicyclic amines) is 1. The number of aromatic nitrogens is 2. The summed E-state index contributed by atoms with van der Waals surface area (Å²) in [5.41, 5.74) is 0.906. The minimum atomic E-state index is -0.120. The zero-order valence-corrected chi connectivity index (χ0v) is 12.1. The third kappa shape index (κ3) is 3.56. The van der Waals surface area contributed by atoms with Crippen molar-refractivity contribution in [2.45, 2.75) is 52.1 Å². The van der Waals surface area contributed by atoms with Gasteiger partial charge in [0.15, 0.2) is 5.82 Å². The molecule has 1 saturated heterocycles. The molecular weight excluding hydrogens is 240 g/mol. The van der Waals surface area contributed by atoms with E-state index in [2.05, 4.69) is 34.0 Å². The van der Waals surface area contributed by atoms with Crippen LogP contribution in [0.1, 0.15) is 49.4 Å². The molecule has 1 fully saturated rings. The zero-order valence-electron chi connectivity index (χ0n) is 12.1. The maximum atomic E-state index is 11.8. The first-order valence-corrected chi connectivity index (χ1v) is 7.13. The fraction of sp³-hybridized carbons (Fsp3) is 0.714. The zero-order chi connectivity index (χ0) is 13.8. The molecule has 0 bridgehead atoms. The molecular formula is C14H24N4O. The van der Waals surface area contributed by atoms with E-state index in [-0.39, 0.29) is 5.91 Å². The first kappa shape index (κ1) is 14.1. The van der Waals surface area contributed by atoms with Gasteiger partial charge in [0.05, 0.1) is 0 Å². The molecule has 0 aromatic carbocycles. The second-order valence-corrected chi connectivity index (χ2v) is 5.54. The molecule has 0 aliphatic carbocycles. The van der Waals surface area contributed by atoms with Crippen molar-refractivity contribution in [3.63, 3.8) is 0 Å². The van der Waals surface area contributed by atoms with Crippen LogP contribution in [0.4, 0.5) is 0 Å². The highest BCUT2D eigenvalue weighted by Crippen LogP contribution is 2.21. The normalized spacial score (nSPS) is 24.4. The molecule has 0 radical (unpaired) electrons. The van der Waals surface area contributed by atoms with Crippen LogP contribution in [-0.4, -0.2) is 45.9 Å². The monoisotopic (exact) mass is 264 g/mol. The van der Waals surface area contributed by atoms with Gasteiger partial charge >= 0.3 is 0 Å². The Bertz CT molecular complexity index is 419. The lowest BCUT2D eigenvalue weighted by Crippen LogP contribution is -2.47. The van der Waals surface area contributed by atoms with Crippen LogP contribution in [0.25, 0.3) is 0 Å². The van der Waals surface area contributed by atoms with Gasteiger partial charge in [-0.05, 0) is 33.6 Å². The number of nitrogens with one attached hydrogen (secondary N) is 2. The van der Waals surface area contributed by atoms with Gasteiger partial charge in [-0.15, -0.1) is 0 Å². The number of hydrogen-bond donors (Lipinski definition) is 2. The van der Waals surface area contributed by atoms with Gasteiger partial charge in [-0.1, -0.05) is 6.42 Å². The van der Waals surface area contributed by atoms with Gasteiger partial charge in [-0.2, -0.15) is 0 Å². The molecule has 5 heteroatoms. The van der Waals surface area contributed by atoms with Crippen LogP contribution in [-0.2, 0) is 0 Å². The van der Waals surface area contributed by atoms with Gasteiger partial charge in [0.2, 0.25) is 0 Å². The summed E-state index contributed by atoms with van der Waals surface area (Å²) in [6.45, 7) is 8.02. The van der Waals surface area contributed by atoms with Crippen LogP contribution in [0, 0.1) is 6.92 Å². The lowest BCUT2D eigenvalue weighted by atomic mass is 9.98. The van der Waals surface area contributed by atoms with Crippen LogP contribution in [0.5, 0.6) is 0 Å². The Morgan fingerprint density at radius 3 is 2.74 bits per heavy atom. The van der Waals surface area contributed by atoms with Gasteiger partial charge in [-0.3, -0.25) is 9.69 Å². The number of imidazole rings is 1. The van der Waals surface area contributed by atoms with Gasteiger partial charge < -0.3 is 10.3 Å². The van der Waals surface area contributed by atoms with Gasteiger partial charge in [0.1, 0.15) is 0 Å². The topological polar surface area (TPSA) is 61.0 Å². The van der Waals surface area contributed by atoms with Crippen molar-refractivity contribution < 1.29 is 4.79 Å². The summed E-state index contributed by atoms with van der Waals surface area (Å²) in [4.78, 5) is 21.3. The Morgan fingerprint density at radius 2 is 2.16 bits per heavy atom. The third-order valence-corrected chi connectivity index (χ3v) is 3.95. The van der Waals surface area contributed by atoms with Crippen molar-refractivity contribution in [2.75, 3.05) is 13.1 Å². The Labute approximate surface area is 114 Å². The molecule has 1 aromatic rings. The number of amides is 1. The van der Waals surface area contributed by atoms with Gasteiger partial charge in [0, 0.05) is 37.1 Å². The molecule has 1 aliphatic heterocycles. The number of rotatable bonds is 4. The van der Waals surface area contributed by atoms with Crippen LogP contribution < -0.4 is 5.32 Å². The van der Waals surface area contributed by atoms with E-state index in [4.69, 9.17) is 0 Å². The molecule has 106 valence electrons. The van der Waals surface area contributed by atoms with Crippen molar-refractivity contribution in [3.8, 4) is 0 Å². The van der Waals surface area contributed by atoms with E-state index in [0.29, 0.717) is 24.5 Å². The van der Waals surface area contributed by atoms with Crippen LogP contribution in [0.15, 0.2) is 6.20 Å². The van der Waals surface area contributed by atoms with Gasteiger partial charge in [-0.25, -0.2) is 4.98 Å². The second-order valence-electron chi connectivity index (χ2n) is 5.54. The number of carbonyl (C=O) groups is 1. The third-order valence-electron chi connectivity index (χ3n) is 3.95. The maximum Gasteiger partial charge on any atom is 0.287 e. The van der Waals surface area contributed by atoms with Crippen LogP contribution in [0.2, 0.25) is 0 Å². The SMILES string of the molecule is Cc1cnc(C(=O)NCCN2[C@H](C)CCC[C@@H]2C)[nH]1. The minimum absolute atomic E-state index is 0.120. The van der Waals surface area contributed by atoms with Crippen LogP contribution in [0.3, 0.4) is 0 Å². The van der Waals surface area contributed by atoms with Crippen molar-refractivity contribution >= 4 is 5.91 Å². The lowest BCUT2D eigenvalue weighted by molar-refractivity contribution is 0.0881. The van der Waals surface area contributed by atoms with E-state index in [1.807, 2.05) is 6.92 Å². The van der Waals surface area contributed by atoms with E-state index in [0.717, 1.165) is 12.2 Å². The van der Waals surface area contributed by atoms with Crippen molar-refractivity contribution in [2.24, 2.45) is 0 Å². The summed E-state index contributed by atoms with van der Waals surface area (Å²) in [5.74, 6) is 0.280. The number of carbonyl (C=O) groups excluding carboxylic acids is 1. The summed E-state index contributed by atoms with van der Waals surface area (Å²) in [6.07, 6.45) is 5.51. The number of aryl methyl sites for hydroxylation is 1. The van der Waals surface area contributed by atoms with Crippen molar-refractivity contribution in [1.29, 1.82) is 0 Å². The molecule has 2 heterocycles. The molecule has 19 heavy (non-hydrogen) atoms. The molecule has 2 rings (SSSR count). The number of hydrogen-bond acceptors (Lipinski definition) is 3. The fourth-order valence-electron chi connectivity index (χ4n) is 2.83. The first-order valence-electron chi connectivity index (χ1n) is 7.13. The first-order chi connectivity index (χ1) is 9.08. The maximum absolute atomic E-state index is 11.8. The average Bonchev–Trinajstić information content (AvgIpc) is 2.79. The Hall–Kier alpha value is -1.36. The largest absolute Gasteiger partial charge is 0.348 e. The quantitative estimate of drug-likeness (QED) is 0.870. The summed E-state index contributed by atoms with van der Waals surface area (Å²) < 4.78 is 0. The highest BCUT2D eigenvalue weighted by atomic mass is 16.2. The van der Waals surface area contributed by atoms with Crippen molar-refractivity contribution in [3.05, 3.63) is 17.7 Å². The molecule has 1 aliphatic rings. The summed E-state index contributed by atoms with van der Waals surface area (Å²) in [5, 5.41) is 2.93. The molecule has 2 N–H and O–H groups in total. The standard InChI is InChI=1S/C14H24N4O/c1-10-9-16-13(17-10)14(19)15-7-8-18-11(2)5-4-6-12(18)3/h9,11-12H,4-8H2,1-3H3,(H,15,19)(H,16,17)/t11-,12+. The number of H-pyrrole nitrogens is 1. The molecule has 2 atom stereocenters. The highest BCUT2D eigenvalue weighted by Gasteiger charge is 2.24. The molecule has 0 unspecified atom stereocenters. The van der Waals surface area contributed by atoms with E-state index < -0.39 is 0 Å². The molecule has 1 amide bonds. The number of piperidine rings is 1. The predicted molar refractivity (Wildman–Crippen MR) is 75.1 cm³/mol. The fourth-order valence-corrected chi connectivity index (χ4v) is 2.83. The minimum Gasteiger partial charge on any atom is -0.348 e. The molecule has 0 saturated carbocycles. The summed E-state index contributed by atoms with van der Waals surface area (Å²) in [7, 11) is 0. The van der Waals surface area contributed by atoms with Crippen molar-refractivity contribution in [1.82, 2.24) is 20.2 Å². The smallest absolute Gasteiger partial charge is 0.287 e.